The minimum Gasteiger partial charge on any atom is -0.293 e. The second kappa shape index (κ2) is 2.92. The second-order valence-electron chi connectivity index (χ2n) is 2.47. The Kier molecular flexibility index (Phi) is 2.54. The average molecular weight is 197 g/mol. The standard InChI is InChI=1S/C5H7O3P.V/c6-9-7-4-3-5(8-9)1-2-5;/h4H,1-3H2;. The second-order valence-corrected chi connectivity index (χ2v) is 3.31. The molecule has 2 rings (SSSR count). The van der Waals surface area contributed by atoms with Crippen LogP contribution < -0.4 is 0 Å². The molecule has 0 N–H and O–H groups in total. The molecule has 1 saturated carbocycles. The van der Waals surface area contributed by atoms with Crippen molar-refractivity contribution in [1.82, 2.24) is 0 Å². The van der Waals surface area contributed by atoms with Crippen molar-refractivity contribution in [2.75, 3.05) is 0 Å². The SMILES string of the molecule is O=[P+]1O[CH-]CC2(CC2)O1.[V]. The summed E-state index contributed by atoms with van der Waals surface area (Å²) in [6.07, 6.45) is 2.87. The van der Waals surface area contributed by atoms with Crippen LogP contribution in [-0.4, -0.2) is 5.60 Å². The predicted octanol–water partition coefficient (Wildman–Crippen LogP) is 1.77. The van der Waals surface area contributed by atoms with Crippen molar-refractivity contribution in [3.05, 3.63) is 6.61 Å². The Morgan fingerprint density at radius 2 is 2.20 bits per heavy atom. The molecule has 5 heteroatoms. The Labute approximate surface area is 72.3 Å². The van der Waals surface area contributed by atoms with Gasteiger partial charge >= 0.3 is 8.25 Å². The van der Waals surface area contributed by atoms with E-state index in [0.29, 0.717) is 0 Å². The summed E-state index contributed by atoms with van der Waals surface area (Å²) in [6, 6.07) is 0. The zero-order valence-corrected chi connectivity index (χ0v) is 7.61. The van der Waals surface area contributed by atoms with E-state index in [-0.39, 0.29) is 24.2 Å². The zero-order valence-electron chi connectivity index (χ0n) is 5.32. The van der Waals surface area contributed by atoms with Crippen molar-refractivity contribution in [3.63, 3.8) is 0 Å². The van der Waals surface area contributed by atoms with Crippen LogP contribution in [0.3, 0.4) is 0 Å². The Morgan fingerprint density at radius 1 is 1.50 bits per heavy atom. The van der Waals surface area contributed by atoms with Crippen LogP contribution in [0.4, 0.5) is 0 Å². The van der Waals surface area contributed by atoms with Crippen molar-refractivity contribution in [3.8, 4) is 0 Å². The van der Waals surface area contributed by atoms with Gasteiger partial charge in [0, 0.05) is 23.1 Å². The van der Waals surface area contributed by atoms with E-state index in [0.717, 1.165) is 19.3 Å². The van der Waals surface area contributed by atoms with Crippen molar-refractivity contribution in [2.24, 2.45) is 0 Å². The van der Waals surface area contributed by atoms with Gasteiger partial charge in [-0.1, -0.05) is 0 Å². The van der Waals surface area contributed by atoms with Crippen LogP contribution in [0.15, 0.2) is 0 Å². The molecular weight excluding hydrogens is 190 g/mol. The molecule has 1 heterocycles. The molecule has 0 aromatic rings. The van der Waals surface area contributed by atoms with E-state index in [1.165, 1.54) is 0 Å². The van der Waals surface area contributed by atoms with Crippen LogP contribution in [0, 0.1) is 6.61 Å². The van der Waals surface area contributed by atoms with E-state index < -0.39 is 8.25 Å². The number of hydrogen-bond donors (Lipinski definition) is 0. The van der Waals surface area contributed by atoms with Crippen molar-refractivity contribution < 1.29 is 32.2 Å². The van der Waals surface area contributed by atoms with Crippen molar-refractivity contribution >= 4 is 8.25 Å². The third kappa shape index (κ3) is 1.61. The van der Waals surface area contributed by atoms with Gasteiger partial charge in [-0.15, -0.1) is 17.6 Å². The molecule has 1 aliphatic heterocycles. The summed E-state index contributed by atoms with van der Waals surface area (Å²) in [5, 5.41) is 0. The molecule has 0 aromatic heterocycles. The maximum atomic E-state index is 10.6. The Bertz CT molecular complexity index is 157. The van der Waals surface area contributed by atoms with Gasteiger partial charge in [-0.3, -0.25) is 4.52 Å². The molecule has 2 aliphatic rings. The molecule has 1 spiro atoms. The first-order valence-electron chi connectivity index (χ1n) is 2.96. The fourth-order valence-corrected chi connectivity index (χ4v) is 1.71. The minimum absolute atomic E-state index is 0. The number of hydrogen-bond acceptors (Lipinski definition) is 3. The van der Waals surface area contributed by atoms with Crippen LogP contribution in [0.2, 0.25) is 0 Å². The van der Waals surface area contributed by atoms with Gasteiger partial charge in [0.2, 0.25) is 0 Å². The zero-order chi connectivity index (χ0) is 6.32. The fourth-order valence-electron chi connectivity index (χ4n) is 0.902. The first-order valence-corrected chi connectivity index (χ1v) is 4.05. The summed E-state index contributed by atoms with van der Waals surface area (Å²) < 4.78 is 20.2. The summed E-state index contributed by atoms with van der Waals surface area (Å²) in [6.45, 7) is 1.59. The Hall–Kier alpha value is 0.604. The van der Waals surface area contributed by atoms with Crippen molar-refractivity contribution in [2.45, 2.75) is 24.9 Å². The molecule has 10 heavy (non-hydrogen) atoms. The first kappa shape index (κ1) is 8.70. The Balaban J connectivity index is 0.000000500. The van der Waals surface area contributed by atoms with Crippen molar-refractivity contribution in [1.29, 1.82) is 0 Å². The Morgan fingerprint density at radius 3 is 2.60 bits per heavy atom. The molecular formula is C5H7O3PV. The summed E-state index contributed by atoms with van der Waals surface area (Å²) in [5.41, 5.74) is -0.0638. The van der Waals surface area contributed by atoms with E-state index in [4.69, 9.17) is 4.52 Å². The minimum atomic E-state index is -1.82. The summed E-state index contributed by atoms with van der Waals surface area (Å²) >= 11 is 0. The first-order chi connectivity index (χ1) is 4.31. The van der Waals surface area contributed by atoms with E-state index >= 15 is 0 Å². The quantitative estimate of drug-likeness (QED) is 0.438. The van der Waals surface area contributed by atoms with E-state index in [2.05, 4.69) is 4.52 Å². The monoisotopic (exact) mass is 197 g/mol. The molecule has 1 unspecified atom stereocenters. The molecule has 2 fully saturated rings. The molecule has 0 amide bonds. The van der Waals surface area contributed by atoms with Crippen LogP contribution in [-0.2, 0) is 32.2 Å². The van der Waals surface area contributed by atoms with Gasteiger partial charge in [-0.05, 0) is 12.8 Å². The van der Waals surface area contributed by atoms with Crippen LogP contribution >= 0.6 is 8.25 Å². The maximum absolute atomic E-state index is 10.6. The van der Waals surface area contributed by atoms with Gasteiger partial charge in [-0.2, -0.15) is 0 Å². The molecule has 1 saturated heterocycles. The fraction of sp³-hybridized carbons (Fsp3) is 0.800. The molecule has 3 nitrogen and oxygen atoms in total. The van der Waals surface area contributed by atoms with E-state index in [9.17, 15) is 4.57 Å². The van der Waals surface area contributed by atoms with Gasteiger partial charge < -0.3 is 0 Å². The van der Waals surface area contributed by atoms with Crippen LogP contribution in [0.1, 0.15) is 19.3 Å². The van der Waals surface area contributed by atoms with Gasteiger partial charge in [0.05, 0.1) is 0 Å². The van der Waals surface area contributed by atoms with Gasteiger partial charge in [0.15, 0.2) is 0 Å². The molecule has 0 bridgehead atoms. The molecule has 1 radical (unpaired) electrons. The number of rotatable bonds is 0. The summed E-state index contributed by atoms with van der Waals surface area (Å²) in [5.74, 6) is 0. The summed E-state index contributed by atoms with van der Waals surface area (Å²) in [7, 11) is -1.82. The normalized spacial score (nSPS) is 31.4. The van der Waals surface area contributed by atoms with Gasteiger partial charge in [0.25, 0.3) is 0 Å². The molecule has 1 atom stereocenters. The van der Waals surface area contributed by atoms with Crippen LogP contribution in [0.5, 0.6) is 0 Å². The average Bonchev–Trinajstić information content (AvgIpc) is 2.49. The molecule has 1 aliphatic carbocycles. The van der Waals surface area contributed by atoms with Gasteiger partial charge in [0.1, 0.15) is 5.60 Å². The molecule has 55 valence electrons. The smallest absolute Gasteiger partial charge is 0.293 e. The third-order valence-corrected chi connectivity index (χ3v) is 2.55. The topological polar surface area (TPSA) is 35.5 Å². The third-order valence-electron chi connectivity index (χ3n) is 1.69. The largest absolute Gasteiger partial charge is 0.664 e. The molecule has 0 aromatic carbocycles. The summed E-state index contributed by atoms with van der Waals surface area (Å²) in [4.78, 5) is 0. The van der Waals surface area contributed by atoms with E-state index in [1.54, 1.807) is 6.61 Å². The van der Waals surface area contributed by atoms with Crippen LogP contribution in [0.25, 0.3) is 0 Å². The predicted molar refractivity (Wildman–Crippen MR) is 30.7 cm³/mol. The maximum Gasteiger partial charge on any atom is 0.664 e. The van der Waals surface area contributed by atoms with E-state index in [1.807, 2.05) is 0 Å². The van der Waals surface area contributed by atoms with Gasteiger partial charge in [-0.25, -0.2) is 0 Å².